The first kappa shape index (κ1) is 32.9. The Bertz CT molecular complexity index is 845. The lowest BCUT2D eigenvalue weighted by atomic mass is 9.84. The van der Waals surface area contributed by atoms with Crippen LogP contribution in [0.4, 0.5) is 0 Å². The van der Waals surface area contributed by atoms with Gasteiger partial charge in [-0.15, -0.1) is 0 Å². The molecular formula is C23H44N6O11. The molecule has 2 saturated heterocycles. The predicted octanol–water partition coefficient (Wildman–Crippen LogP) is -6.22. The number of carbonyl (C=O) groups is 2. The van der Waals surface area contributed by atoms with Crippen LogP contribution in [0, 0.1) is 0 Å². The molecule has 3 fully saturated rings. The standard InChI is InChI=1S/C23H44N6O11/c1-29-14(31)2-3-15(32)36-7-13-17(33)16(28)18(34)23(38-13)40-21-9(26)4-8(25)20(19(21)35)39-22-10(27)5-11(30)12(6-24)37-22/h8-13,16-23,30,33-35H,2-7,24-28H2,1H3,(H,29,31)/t8-,9?,10?,11-,12?,13?,16?,17+,18?,19?,20?,21-,22+,23+/m0/s1. The fourth-order valence-corrected chi connectivity index (χ4v) is 5.00. The number of nitrogens with two attached hydrogens (primary N) is 5. The van der Waals surface area contributed by atoms with Gasteiger partial charge in [0.05, 0.1) is 30.7 Å². The molecule has 0 aromatic rings. The summed E-state index contributed by atoms with van der Waals surface area (Å²) in [6, 6.07) is -3.54. The van der Waals surface area contributed by atoms with Crippen molar-refractivity contribution in [1.29, 1.82) is 0 Å². The first-order chi connectivity index (χ1) is 18.9. The number of aliphatic hydroxyl groups is 4. The Labute approximate surface area is 231 Å². The van der Waals surface area contributed by atoms with Crippen molar-refractivity contribution < 1.29 is 53.7 Å². The van der Waals surface area contributed by atoms with Crippen LogP contribution in [0.25, 0.3) is 0 Å². The third kappa shape index (κ3) is 7.82. The van der Waals surface area contributed by atoms with E-state index in [2.05, 4.69) is 5.32 Å². The Kier molecular flexibility index (Phi) is 12.0. The summed E-state index contributed by atoms with van der Waals surface area (Å²) in [7, 11) is 1.44. The van der Waals surface area contributed by atoms with Crippen LogP contribution in [0.5, 0.6) is 0 Å². The third-order valence-corrected chi connectivity index (χ3v) is 7.48. The molecule has 1 saturated carbocycles. The van der Waals surface area contributed by atoms with Crippen molar-refractivity contribution in [1.82, 2.24) is 5.32 Å². The lowest BCUT2D eigenvalue weighted by molar-refractivity contribution is -0.315. The number of ether oxygens (including phenoxy) is 5. The van der Waals surface area contributed by atoms with Crippen molar-refractivity contribution in [3.63, 3.8) is 0 Å². The van der Waals surface area contributed by atoms with E-state index >= 15 is 0 Å². The smallest absolute Gasteiger partial charge is 0.306 e. The summed E-state index contributed by atoms with van der Waals surface area (Å²) in [6.07, 6.45) is -11.9. The highest BCUT2D eigenvalue weighted by Gasteiger charge is 2.50. The van der Waals surface area contributed by atoms with Crippen LogP contribution in [0.2, 0.25) is 0 Å². The van der Waals surface area contributed by atoms with Gasteiger partial charge in [-0.3, -0.25) is 9.59 Å². The van der Waals surface area contributed by atoms with Crippen LogP contribution in [0.1, 0.15) is 25.7 Å². The van der Waals surface area contributed by atoms with Crippen LogP contribution in [0.3, 0.4) is 0 Å². The van der Waals surface area contributed by atoms with Gasteiger partial charge in [-0.2, -0.15) is 0 Å². The molecule has 3 rings (SSSR count). The summed E-state index contributed by atoms with van der Waals surface area (Å²) in [5, 5.41) is 44.7. The van der Waals surface area contributed by atoms with Crippen molar-refractivity contribution >= 4 is 11.9 Å². The summed E-state index contributed by atoms with van der Waals surface area (Å²) in [4.78, 5) is 23.3. The Morgan fingerprint density at radius 2 is 1.43 bits per heavy atom. The molecule has 0 spiro atoms. The van der Waals surface area contributed by atoms with Crippen molar-refractivity contribution in [2.24, 2.45) is 28.7 Å². The Balaban J connectivity index is 1.64. The average Bonchev–Trinajstić information content (AvgIpc) is 2.92. The first-order valence-corrected chi connectivity index (χ1v) is 13.3. The fraction of sp³-hybridized carbons (Fsp3) is 0.913. The lowest BCUT2D eigenvalue weighted by Crippen LogP contribution is -2.68. The molecule has 2 aliphatic heterocycles. The molecule has 14 atom stereocenters. The van der Waals surface area contributed by atoms with Gasteiger partial charge in [0.1, 0.15) is 43.2 Å². The van der Waals surface area contributed by atoms with Gasteiger partial charge in [-0.05, 0) is 12.8 Å². The van der Waals surface area contributed by atoms with Crippen molar-refractivity contribution in [3.8, 4) is 0 Å². The number of nitrogens with one attached hydrogen (secondary N) is 1. The van der Waals surface area contributed by atoms with E-state index in [-0.39, 0.29) is 38.1 Å². The van der Waals surface area contributed by atoms with E-state index in [0.29, 0.717) is 0 Å². The monoisotopic (exact) mass is 580 g/mol. The van der Waals surface area contributed by atoms with E-state index in [4.69, 9.17) is 52.4 Å². The van der Waals surface area contributed by atoms with Gasteiger partial charge in [0, 0.05) is 32.1 Å². The number of hydrogen-bond acceptors (Lipinski definition) is 16. The molecule has 2 heterocycles. The molecule has 8 unspecified atom stereocenters. The van der Waals surface area contributed by atoms with Crippen molar-refractivity contribution in [2.75, 3.05) is 20.2 Å². The molecule has 1 amide bonds. The zero-order valence-electron chi connectivity index (χ0n) is 22.4. The molecule has 17 heteroatoms. The van der Waals surface area contributed by atoms with E-state index in [1.54, 1.807) is 0 Å². The summed E-state index contributed by atoms with van der Waals surface area (Å²) in [5.41, 5.74) is 30.2. The highest BCUT2D eigenvalue weighted by Crippen LogP contribution is 2.31. The topological polar surface area (TPSA) is 303 Å². The zero-order chi connectivity index (χ0) is 29.7. The highest BCUT2D eigenvalue weighted by molar-refractivity contribution is 5.80. The number of rotatable bonds is 10. The van der Waals surface area contributed by atoms with Crippen LogP contribution >= 0.6 is 0 Å². The highest BCUT2D eigenvalue weighted by atomic mass is 16.7. The van der Waals surface area contributed by atoms with E-state index in [0.717, 1.165) is 0 Å². The summed E-state index contributed by atoms with van der Waals surface area (Å²) in [5.74, 6) is -1.05. The van der Waals surface area contributed by atoms with Gasteiger partial charge in [0.2, 0.25) is 5.91 Å². The molecular weight excluding hydrogens is 536 g/mol. The maximum Gasteiger partial charge on any atom is 0.306 e. The van der Waals surface area contributed by atoms with Gasteiger partial charge in [-0.1, -0.05) is 0 Å². The minimum absolute atomic E-state index is 0.0250. The first-order valence-electron chi connectivity index (χ1n) is 13.3. The van der Waals surface area contributed by atoms with E-state index in [1.807, 2.05) is 0 Å². The Morgan fingerprint density at radius 1 is 0.825 bits per heavy atom. The molecule has 232 valence electrons. The maximum absolute atomic E-state index is 12.0. The lowest BCUT2D eigenvalue weighted by Gasteiger charge is -2.47. The SMILES string of the molecule is CNC(=O)CCC(=O)OCC1O[C@H](O[C@H]2C(N)C[C@H](N)C(O[C@H]3OC(CN)[C@@H](O)CC3N)C2O)C(O)C(N)[C@@H]1O. The predicted molar refractivity (Wildman–Crippen MR) is 136 cm³/mol. The second kappa shape index (κ2) is 14.5. The van der Waals surface area contributed by atoms with Crippen LogP contribution in [0.15, 0.2) is 0 Å². The largest absolute Gasteiger partial charge is 0.463 e. The van der Waals surface area contributed by atoms with Crippen molar-refractivity contribution in [3.05, 3.63) is 0 Å². The number of hydrogen-bond donors (Lipinski definition) is 10. The van der Waals surface area contributed by atoms with Gasteiger partial charge < -0.3 is 78.1 Å². The molecule has 3 aliphatic rings. The van der Waals surface area contributed by atoms with Crippen LogP contribution in [-0.2, 0) is 33.3 Å². The minimum Gasteiger partial charge on any atom is -0.463 e. The van der Waals surface area contributed by atoms with Gasteiger partial charge >= 0.3 is 5.97 Å². The van der Waals surface area contributed by atoms with Gasteiger partial charge in [0.15, 0.2) is 12.6 Å². The second-order valence-electron chi connectivity index (χ2n) is 10.5. The Hall–Kier alpha value is -1.58. The number of amides is 1. The van der Waals surface area contributed by atoms with E-state index < -0.39 is 98.2 Å². The molecule has 15 N–H and O–H groups in total. The quantitative estimate of drug-likeness (QED) is 0.107. The number of esters is 1. The van der Waals surface area contributed by atoms with Gasteiger partial charge in [-0.25, -0.2) is 0 Å². The summed E-state index contributed by atoms with van der Waals surface area (Å²) < 4.78 is 28.3. The number of carbonyl (C=O) groups excluding carboxylic acids is 2. The maximum atomic E-state index is 12.0. The number of aliphatic hydroxyl groups excluding tert-OH is 4. The molecule has 0 aromatic carbocycles. The van der Waals surface area contributed by atoms with Crippen LogP contribution < -0.4 is 34.0 Å². The summed E-state index contributed by atoms with van der Waals surface area (Å²) in [6.45, 7) is -0.411. The zero-order valence-corrected chi connectivity index (χ0v) is 22.4. The minimum atomic E-state index is -1.54. The van der Waals surface area contributed by atoms with Gasteiger partial charge in [0.25, 0.3) is 0 Å². The average molecular weight is 581 g/mol. The molecule has 0 radical (unpaired) electrons. The second-order valence-corrected chi connectivity index (χ2v) is 10.5. The normalized spacial score (nSPS) is 44.1. The van der Waals surface area contributed by atoms with E-state index in [1.165, 1.54) is 7.05 Å². The molecule has 17 nitrogen and oxygen atoms in total. The molecule has 0 bridgehead atoms. The third-order valence-electron chi connectivity index (χ3n) is 7.48. The molecule has 40 heavy (non-hydrogen) atoms. The van der Waals surface area contributed by atoms with E-state index in [9.17, 15) is 30.0 Å². The summed E-state index contributed by atoms with van der Waals surface area (Å²) >= 11 is 0. The van der Waals surface area contributed by atoms with Crippen LogP contribution in [-0.4, -0.2) is 138 Å². The molecule has 1 aliphatic carbocycles. The fourth-order valence-electron chi connectivity index (χ4n) is 5.00. The molecule has 0 aromatic heterocycles. The Morgan fingerprint density at radius 3 is 2.02 bits per heavy atom. The van der Waals surface area contributed by atoms with Crippen molar-refractivity contribution in [2.45, 2.75) is 111 Å².